The summed E-state index contributed by atoms with van der Waals surface area (Å²) in [6.45, 7) is 2.06. The van der Waals surface area contributed by atoms with E-state index in [0.717, 1.165) is 43.4 Å². The molecule has 180 valence electrons. The average molecular weight is 460 g/mol. The van der Waals surface area contributed by atoms with Crippen LogP contribution in [0.15, 0.2) is 78.4 Å². The quantitative estimate of drug-likeness (QED) is 0.320. The van der Waals surface area contributed by atoms with E-state index in [-0.39, 0.29) is 17.9 Å². The van der Waals surface area contributed by atoms with E-state index in [9.17, 15) is 15.0 Å². The summed E-state index contributed by atoms with van der Waals surface area (Å²) in [5.74, 6) is 1.02. The van der Waals surface area contributed by atoms with Gasteiger partial charge in [0.1, 0.15) is 0 Å². The van der Waals surface area contributed by atoms with Gasteiger partial charge >= 0.3 is 0 Å². The van der Waals surface area contributed by atoms with Crippen LogP contribution in [0.5, 0.6) is 0 Å². The van der Waals surface area contributed by atoms with Crippen LogP contribution in [0.3, 0.4) is 0 Å². The van der Waals surface area contributed by atoms with Crippen molar-refractivity contribution in [2.24, 2.45) is 17.8 Å². The molecule has 2 aliphatic carbocycles. The van der Waals surface area contributed by atoms with Crippen molar-refractivity contribution < 1.29 is 15.0 Å². The minimum absolute atomic E-state index is 0.0704. The highest BCUT2D eigenvalue weighted by Gasteiger charge is 2.43. The predicted octanol–water partition coefficient (Wildman–Crippen LogP) is 5.60. The molecule has 1 amide bonds. The van der Waals surface area contributed by atoms with Crippen molar-refractivity contribution in [1.82, 2.24) is 0 Å². The average Bonchev–Trinajstić information content (AvgIpc) is 3.32. The predicted molar refractivity (Wildman–Crippen MR) is 137 cm³/mol. The standard InChI is InChI=1S/C30H37NO3/c1-21-8-7-10-22(16-21)18-26(32)14-15-27-28-19-23(17-24(28)20-29(27)33)9-5-6-13-30(34)31-25-11-3-2-4-12-25/h2-4,7-8,10-12,14-17,24,26-29,32-33H,5-6,9,13,18-20H2,1H3,(H,31,34)/t24-,26-,27+,28-,29+/m0/s1. The number of aliphatic hydroxyl groups excluding tert-OH is 2. The summed E-state index contributed by atoms with van der Waals surface area (Å²) in [6.07, 6.45) is 11.3. The van der Waals surface area contributed by atoms with Gasteiger partial charge < -0.3 is 15.5 Å². The highest BCUT2D eigenvalue weighted by atomic mass is 16.3. The van der Waals surface area contributed by atoms with E-state index in [0.29, 0.717) is 24.7 Å². The van der Waals surface area contributed by atoms with Gasteiger partial charge in [0.2, 0.25) is 5.91 Å². The number of hydrogen-bond donors (Lipinski definition) is 3. The van der Waals surface area contributed by atoms with Crippen molar-refractivity contribution in [3.8, 4) is 0 Å². The van der Waals surface area contributed by atoms with E-state index in [2.05, 4.69) is 36.5 Å². The Morgan fingerprint density at radius 2 is 1.97 bits per heavy atom. The first-order valence-corrected chi connectivity index (χ1v) is 12.6. The van der Waals surface area contributed by atoms with Crippen LogP contribution < -0.4 is 5.32 Å². The summed E-state index contributed by atoms with van der Waals surface area (Å²) in [5.41, 5.74) is 4.64. The smallest absolute Gasteiger partial charge is 0.224 e. The van der Waals surface area contributed by atoms with Gasteiger partial charge in [0, 0.05) is 24.4 Å². The van der Waals surface area contributed by atoms with Gasteiger partial charge in [0.25, 0.3) is 0 Å². The van der Waals surface area contributed by atoms with Gasteiger partial charge in [0.15, 0.2) is 0 Å². The number of carbonyl (C=O) groups excluding carboxylic acids is 1. The SMILES string of the molecule is Cc1cccc(C[C@@H](O)C=C[C@@H]2[C@H]3CC(CCCCC(=O)Nc4ccccc4)=C[C@H]3C[C@H]2O)c1. The van der Waals surface area contributed by atoms with Crippen LogP contribution in [0, 0.1) is 24.7 Å². The normalized spacial score (nSPS) is 24.7. The number of aryl methyl sites for hydroxylation is 1. The van der Waals surface area contributed by atoms with Crippen LogP contribution in [-0.4, -0.2) is 28.3 Å². The molecule has 2 aliphatic rings. The molecule has 34 heavy (non-hydrogen) atoms. The molecule has 0 aliphatic heterocycles. The number of allylic oxidation sites excluding steroid dienone is 2. The lowest BCUT2D eigenvalue weighted by molar-refractivity contribution is -0.116. The first kappa shape index (κ1) is 24.4. The molecule has 5 atom stereocenters. The number of amides is 1. The fourth-order valence-electron chi connectivity index (χ4n) is 5.58. The monoisotopic (exact) mass is 459 g/mol. The Bertz CT molecular complexity index is 1010. The second-order valence-corrected chi connectivity index (χ2v) is 10.0. The molecule has 0 aromatic heterocycles. The zero-order valence-electron chi connectivity index (χ0n) is 20.1. The van der Waals surface area contributed by atoms with Crippen LogP contribution in [0.2, 0.25) is 0 Å². The summed E-state index contributed by atoms with van der Waals surface area (Å²) in [5, 5.41) is 24.1. The van der Waals surface area contributed by atoms with Crippen molar-refractivity contribution >= 4 is 11.6 Å². The van der Waals surface area contributed by atoms with E-state index in [1.165, 1.54) is 11.1 Å². The third-order valence-electron chi connectivity index (χ3n) is 7.24. The number of rotatable bonds is 10. The molecule has 0 bridgehead atoms. The number of benzene rings is 2. The molecule has 1 fully saturated rings. The lowest BCUT2D eigenvalue weighted by Crippen LogP contribution is -2.18. The Kier molecular flexibility index (Phi) is 8.36. The number of fused-ring (bicyclic) bond motifs is 1. The summed E-state index contributed by atoms with van der Waals surface area (Å²) >= 11 is 0. The van der Waals surface area contributed by atoms with Gasteiger partial charge in [0.05, 0.1) is 12.2 Å². The van der Waals surface area contributed by atoms with Crippen LogP contribution in [-0.2, 0) is 11.2 Å². The van der Waals surface area contributed by atoms with Crippen molar-refractivity contribution in [1.29, 1.82) is 0 Å². The lowest BCUT2D eigenvalue weighted by atomic mass is 9.88. The molecule has 0 spiro atoms. The maximum atomic E-state index is 12.1. The minimum atomic E-state index is -0.538. The zero-order chi connectivity index (χ0) is 23.9. The Labute approximate surface area is 203 Å². The van der Waals surface area contributed by atoms with Gasteiger partial charge in [-0.15, -0.1) is 0 Å². The summed E-state index contributed by atoms with van der Waals surface area (Å²) in [7, 11) is 0. The molecular formula is C30H37NO3. The molecule has 0 unspecified atom stereocenters. The van der Waals surface area contributed by atoms with Crippen molar-refractivity contribution in [2.75, 3.05) is 5.32 Å². The number of para-hydroxylation sites is 1. The topological polar surface area (TPSA) is 69.6 Å². The highest BCUT2D eigenvalue weighted by Crippen LogP contribution is 2.48. The number of unbranched alkanes of at least 4 members (excludes halogenated alkanes) is 1. The Morgan fingerprint density at radius 3 is 2.76 bits per heavy atom. The van der Waals surface area contributed by atoms with E-state index >= 15 is 0 Å². The molecule has 1 saturated carbocycles. The van der Waals surface area contributed by atoms with Crippen LogP contribution in [0.1, 0.15) is 49.7 Å². The maximum Gasteiger partial charge on any atom is 0.224 e. The summed E-state index contributed by atoms with van der Waals surface area (Å²) < 4.78 is 0. The van der Waals surface area contributed by atoms with Crippen LogP contribution >= 0.6 is 0 Å². The van der Waals surface area contributed by atoms with Gasteiger partial charge in [-0.3, -0.25) is 4.79 Å². The summed E-state index contributed by atoms with van der Waals surface area (Å²) in [4.78, 5) is 12.1. The molecule has 3 N–H and O–H groups in total. The number of carbonyl (C=O) groups is 1. The van der Waals surface area contributed by atoms with Crippen LogP contribution in [0.25, 0.3) is 0 Å². The van der Waals surface area contributed by atoms with Crippen molar-refractivity contribution in [3.05, 3.63) is 89.5 Å². The highest BCUT2D eigenvalue weighted by molar-refractivity contribution is 5.90. The Hall–Kier alpha value is -2.69. The van der Waals surface area contributed by atoms with E-state index in [1.54, 1.807) is 0 Å². The van der Waals surface area contributed by atoms with Crippen LogP contribution in [0.4, 0.5) is 5.69 Å². The molecule has 0 heterocycles. The first-order chi connectivity index (χ1) is 16.5. The Morgan fingerprint density at radius 1 is 1.15 bits per heavy atom. The fraction of sp³-hybridized carbons (Fsp3) is 0.433. The number of aliphatic hydroxyl groups is 2. The number of anilines is 1. The minimum Gasteiger partial charge on any atom is -0.392 e. The van der Waals surface area contributed by atoms with E-state index < -0.39 is 6.10 Å². The van der Waals surface area contributed by atoms with Gasteiger partial charge in [-0.1, -0.05) is 71.8 Å². The molecule has 2 aromatic carbocycles. The molecule has 4 heteroatoms. The molecule has 4 nitrogen and oxygen atoms in total. The largest absolute Gasteiger partial charge is 0.392 e. The maximum absolute atomic E-state index is 12.1. The van der Waals surface area contributed by atoms with Crippen molar-refractivity contribution in [2.45, 2.75) is 64.1 Å². The van der Waals surface area contributed by atoms with Gasteiger partial charge in [-0.2, -0.15) is 0 Å². The first-order valence-electron chi connectivity index (χ1n) is 12.6. The molecule has 2 aromatic rings. The number of hydrogen-bond acceptors (Lipinski definition) is 3. The lowest BCUT2D eigenvalue weighted by Gasteiger charge is -2.19. The number of nitrogens with one attached hydrogen (secondary N) is 1. The molecule has 0 radical (unpaired) electrons. The van der Waals surface area contributed by atoms with Gasteiger partial charge in [-0.25, -0.2) is 0 Å². The summed E-state index contributed by atoms with van der Waals surface area (Å²) in [6, 6.07) is 17.8. The zero-order valence-corrected chi connectivity index (χ0v) is 20.1. The van der Waals surface area contributed by atoms with Gasteiger partial charge in [-0.05, 0) is 68.6 Å². The second-order valence-electron chi connectivity index (χ2n) is 10.0. The molecule has 0 saturated heterocycles. The third kappa shape index (κ3) is 6.68. The molecular weight excluding hydrogens is 422 g/mol. The van der Waals surface area contributed by atoms with E-state index in [4.69, 9.17) is 0 Å². The van der Waals surface area contributed by atoms with Crippen molar-refractivity contribution in [3.63, 3.8) is 0 Å². The molecule has 4 rings (SSSR count). The van der Waals surface area contributed by atoms with E-state index in [1.807, 2.05) is 48.5 Å². The second kappa shape index (κ2) is 11.6. The Balaban J connectivity index is 1.20. The fourth-order valence-corrected chi connectivity index (χ4v) is 5.58. The third-order valence-corrected chi connectivity index (χ3v) is 7.24.